The number of aliphatic hydroxyl groups is 1. The predicted molar refractivity (Wildman–Crippen MR) is 132 cm³/mol. The number of carbonyl (C=O) groups is 1. The van der Waals surface area contributed by atoms with Gasteiger partial charge in [0.05, 0.1) is 12.2 Å². The average molecular weight is 462 g/mol. The van der Waals surface area contributed by atoms with E-state index in [4.69, 9.17) is 9.47 Å². The molecular weight excluding hydrogens is 426 g/mol. The van der Waals surface area contributed by atoms with Crippen molar-refractivity contribution in [2.75, 3.05) is 6.54 Å². The molecular formula is C29H35NO4. The largest absolute Gasteiger partial charge is 0.491 e. The molecule has 0 radical (unpaired) electrons. The first-order valence-electron chi connectivity index (χ1n) is 12.7. The summed E-state index contributed by atoms with van der Waals surface area (Å²) < 4.78 is 12.0. The standard InChI is InChI=1S/C29H35NO4/c1-19(8-6-11-21-9-4-3-5-10-21)33-23-13-14-24-25(18-23)29-27(30-15-7-12-26(24)30)16-22(32)17-28(29)34-20(2)31/h3-5,9-10,13-14,18-19,22,26-27,32H,6-8,11-12,15-17H2,1-2H3/t19-,22?,26?,27?/m0/s1. The Kier molecular flexibility index (Phi) is 6.75. The van der Waals surface area contributed by atoms with E-state index >= 15 is 0 Å². The Hall–Kier alpha value is -2.63. The molecule has 0 saturated carbocycles. The summed E-state index contributed by atoms with van der Waals surface area (Å²) >= 11 is 0. The molecule has 180 valence electrons. The van der Waals surface area contributed by atoms with Crippen molar-refractivity contribution in [3.8, 4) is 5.75 Å². The molecule has 2 aliphatic heterocycles. The SMILES string of the molecule is CC(=O)OC1=C2c3cc(O[C@@H](C)CCCc4ccccc4)ccc3C3CCCN3C2CC(O)C1. The second kappa shape index (κ2) is 9.93. The van der Waals surface area contributed by atoms with E-state index in [2.05, 4.69) is 60.4 Å². The molecule has 34 heavy (non-hydrogen) atoms. The van der Waals surface area contributed by atoms with Crippen molar-refractivity contribution in [1.29, 1.82) is 0 Å². The Balaban J connectivity index is 1.38. The number of benzene rings is 2. The number of aryl methyl sites for hydroxylation is 1. The Morgan fingerprint density at radius 2 is 2.00 bits per heavy atom. The van der Waals surface area contributed by atoms with E-state index in [1.54, 1.807) is 0 Å². The Morgan fingerprint density at radius 3 is 2.79 bits per heavy atom. The molecule has 0 bridgehead atoms. The minimum Gasteiger partial charge on any atom is -0.491 e. The highest BCUT2D eigenvalue weighted by molar-refractivity contribution is 5.80. The van der Waals surface area contributed by atoms with Crippen molar-refractivity contribution in [2.24, 2.45) is 0 Å². The molecule has 2 aromatic rings. The smallest absolute Gasteiger partial charge is 0.307 e. The van der Waals surface area contributed by atoms with Gasteiger partial charge in [0.15, 0.2) is 0 Å². The third-order valence-corrected chi connectivity index (χ3v) is 7.44. The van der Waals surface area contributed by atoms with Gasteiger partial charge in [-0.1, -0.05) is 36.4 Å². The third kappa shape index (κ3) is 4.77. The van der Waals surface area contributed by atoms with Gasteiger partial charge in [-0.05, 0) is 80.8 Å². The van der Waals surface area contributed by atoms with Crippen LogP contribution in [0.15, 0.2) is 54.3 Å². The quantitative estimate of drug-likeness (QED) is 0.558. The molecule has 0 aromatic heterocycles. The highest BCUT2D eigenvalue weighted by atomic mass is 16.5. The van der Waals surface area contributed by atoms with Gasteiger partial charge < -0.3 is 14.6 Å². The Labute approximate surface area is 202 Å². The molecule has 5 nitrogen and oxygen atoms in total. The van der Waals surface area contributed by atoms with Gasteiger partial charge in [0, 0.05) is 31.0 Å². The molecule has 2 heterocycles. The second-order valence-corrected chi connectivity index (χ2v) is 9.99. The van der Waals surface area contributed by atoms with Gasteiger partial charge in [0.2, 0.25) is 0 Å². The van der Waals surface area contributed by atoms with Crippen LogP contribution in [0, 0.1) is 0 Å². The lowest BCUT2D eigenvalue weighted by atomic mass is 9.78. The molecule has 3 aliphatic rings. The summed E-state index contributed by atoms with van der Waals surface area (Å²) in [7, 11) is 0. The van der Waals surface area contributed by atoms with E-state index in [1.165, 1.54) is 18.1 Å². The normalized spacial score (nSPS) is 24.7. The number of carbonyl (C=O) groups excluding carboxylic acids is 1. The molecule has 4 atom stereocenters. The number of esters is 1. The van der Waals surface area contributed by atoms with Gasteiger partial charge in [0.25, 0.3) is 0 Å². The highest BCUT2D eigenvalue weighted by Gasteiger charge is 2.45. The van der Waals surface area contributed by atoms with Crippen LogP contribution in [0.1, 0.15) is 75.1 Å². The maximum Gasteiger partial charge on any atom is 0.307 e. The zero-order valence-electron chi connectivity index (χ0n) is 20.2. The highest BCUT2D eigenvalue weighted by Crippen LogP contribution is 2.50. The van der Waals surface area contributed by atoms with Crippen LogP contribution >= 0.6 is 0 Å². The van der Waals surface area contributed by atoms with Crippen LogP contribution in [-0.2, 0) is 16.0 Å². The summed E-state index contributed by atoms with van der Waals surface area (Å²) in [5.74, 6) is 1.15. The van der Waals surface area contributed by atoms with Gasteiger partial charge in [-0.3, -0.25) is 9.69 Å². The topological polar surface area (TPSA) is 59.0 Å². The second-order valence-electron chi connectivity index (χ2n) is 9.99. The van der Waals surface area contributed by atoms with Crippen LogP contribution < -0.4 is 4.74 Å². The third-order valence-electron chi connectivity index (χ3n) is 7.44. The van der Waals surface area contributed by atoms with Crippen LogP contribution in [0.3, 0.4) is 0 Å². The van der Waals surface area contributed by atoms with Gasteiger partial charge in [-0.2, -0.15) is 0 Å². The number of hydrogen-bond acceptors (Lipinski definition) is 5. The molecule has 2 aromatic carbocycles. The molecule has 1 N–H and O–H groups in total. The van der Waals surface area contributed by atoms with Crippen molar-refractivity contribution in [2.45, 2.75) is 83.1 Å². The van der Waals surface area contributed by atoms with Crippen LogP contribution in [-0.4, -0.2) is 40.8 Å². The number of ether oxygens (including phenoxy) is 2. The first-order valence-corrected chi connectivity index (χ1v) is 12.7. The average Bonchev–Trinajstić information content (AvgIpc) is 3.29. The summed E-state index contributed by atoms with van der Waals surface area (Å²) in [4.78, 5) is 14.4. The van der Waals surface area contributed by atoms with Gasteiger partial charge in [-0.15, -0.1) is 0 Å². The molecule has 5 heteroatoms. The zero-order valence-corrected chi connectivity index (χ0v) is 20.2. The van der Waals surface area contributed by atoms with E-state index in [0.717, 1.165) is 55.5 Å². The fourth-order valence-electron chi connectivity index (χ4n) is 6.03. The zero-order chi connectivity index (χ0) is 23.7. The van der Waals surface area contributed by atoms with E-state index in [0.29, 0.717) is 24.6 Å². The van der Waals surface area contributed by atoms with E-state index in [9.17, 15) is 9.90 Å². The van der Waals surface area contributed by atoms with Crippen LogP contribution in [0.2, 0.25) is 0 Å². The van der Waals surface area contributed by atoms with Crippen molar-refractivity contribution < 1.29 is 19.4 Å². The van der Waals surface area contributed by atoms with Crippen LogP contribution in [0.25, 0.3) is 5.57 Å². The first kappa shape index (κ1) is 23.1. The lowest BCUT2D eigenvalue weighted by Gasteiger charge is -2.44. The first-order chi connectivity index (χ1) is 16.5. The van der Waals surface area contributed by atoms with Gasteiger partial charge in [0.1, 0.15) is 11.5 Å². The molecule has 0 amide bonds. The van der Waals surface area contributed by atoms with Crippen LogP contribution in [0.5, 0.6) is 5.75 Å². The summed E-state index contributed by atoms with van der Waals surface area (Å²) in [6, 6.07) is 17.4. The molecule has 0 spiro atoms. The fraction of sp³-hybridized carbons (Fsp3) is 0.483. The minimum absolute atomic E-state index is 0.0802. The number of rotatable bonds is 7. The van der Waals surface area contributed by atoms with Crippen molar-refractivity contribution in [1.82, 2.24) is 4.90 Å². The van der Waals surface area contributed by atoms with Gasteiger partial charge >= 0.3 is 5.97 Å². The fourth-order valence-corrected chi connectivity index (χ4v) is 6.03. The summed E-state index contributed by atoms with van der Waals surface area (Å²) in [5.41, 5.74) is 4.84. The monoisotopic (exact) mass is 461 g/mol. The number of nitrogens with zero attached hydrogens (tertiary/aromatic N) is 1. The number of aliphatic hydroxyl groups excluding tert-OH is 1. The van der Waals surface area contributed by atoms with Crippen molar-refractivity contribution >= 4 is 11.5 Å². The number of hydrogen-bond donors (Lipinski definition) is 1. The minimum atomic E-state index is -0.491. The number of fused-ring (bicyclic) bond motifs is 6. The van der Waals surface area contributed by atoms with Crippen molar-refractivity contribution in [3.05, 3.63) is 71.0 Å². The van der Waals surface area contributed by atoms with Crippen molar-refractivity contribution in [3.63, 3.8) is 0 Å². The Bertz CT molecular complexity index is 1060. The lowest BCUT2D eigenvalue weighted by molar-refractivity contribution is -0.137. The molecule has 1 aliphatic carbocycles. The predicted octanol–water partition coefficient (Wildman–Crippen LogP) is 5.42. The maximum atomic E-state index is 11.9. The van der Waals surface area contributed by atoms with Crippen LogP contribution in [0.4, 0.5) is 0 Å². The summed E-state index contributed by atoms with van der Waals surface area (Å²) in [6.07, 6.45) is 6.05. The molecule has 3 unspecified atom stereocenters. The lowest BCUT2D eigenvalue weighted by Crippen LogP contribution is -2.44. The molecule has 5 rings (SSSR count). The van der Waals surface area contributed by atoms with E-state index in [1.807, 2.05) is 0 Å². The maximum absolute atomic E-state index is 11.9. The summed E-state index contributed by atoms with van der Waals surface area (Å²) in [6.45, 7) is 4.57. The van der Waals surface area contributed by atoms with E-state index in [-0.39, 0.29) is 18.1 Å². The molecule has 1 saturated heterocycles. The van der Waals surface area contributed by atoms with E-state index < -0.39 is 6.10 Å². The summed E-state index contributed by atoms with van der Waals surface area (Å²) in [5, 5.41) is 10.6. The van der Waals surface area contributed by atoms with Gasteiger partial charge in [-0.25, -0.2) is 0 Å². The Morgan fingerprint density at radius 1 is 1.18 bits per heavy atom. The molecule has 1 fully saturated rings.